The van der Waals surface area contributed by atoms with Gasteiger partial charge in [-0.1, -0.05) is 44.2 Å². The van der Waals surface area contributed by atoms with Gasteiger partial charge in [-0.05, 0) is 17.9 Å². The molecule has 2 unspecified atom stereocenters. The monoisotopic (exact) mass is 383 g/mol. The van der Waals surface area contributed by atoms with Crippen molar-refractivity contribution >= 4 is 17.5 Å². The van der Waals surface area contributed by atoms with Crippen LogP contribution >= 0.6 is 0 Å². The van der Waals surface area contributed by atoms with Crippen LogP contribution in [0.1, 0.15) is 38.7 Å². The highest BCUT2D eigenvalue weighted by Gasteiger charge is 2.46. The number of nitrogens with one attached hydrogen (secondary N) is 1. The van der Waals surface area contributed by atoms with Crippen LogP contribution < -0.4 is 16.8 Å². The van der Waals surface area contributed by atoms with Gasteiger partial charge in [0, 0.05) is 6.92 Å². The topological polar surface area (TPSA) is 115 Å². The van der Waals surface area contributed by atoms with Crippen LogP contribution in [-0.4, -0.2) is 42.0 Å². The Kier molecular flexibility index (Phi) is 8.18. The minimum atomic E-state index is -3.84. The van der Waals surface area contributed by atoms with E-state index in [1.54, 1.807) is 18.2 Å². The number of hydrogen-bond donors (Lipinski definition) is 3. The minimum absolute atomic E-state index is 0.0413. The van der Waals surface area contributed by atoms with Crippen LogP contribution in [0.4, 0.5) is 8.78 Å². The number of alkyl halides is 2. The zero-order valence-corrected chi connectivity index (χ0v) is 15.7. The lowest BCUT2D eigenvalue weighted by Crippen LogP contribution is -2.54. The van der Waals surface area contributed by atoms with E-state index in [-0.39, 0.29) is 12.3 Å². The van der Waals surface area contributed by atoms with Crippen LogP contribution in [0.2, 0.25) is 0 Å². The molecule has 0 heterocycles. The molecule has 27 heavy (non-hydrogen) atoms. The summed E-state index contributed by atoms with van der Waals surface area (Å²) in [5.74, 6) is -7.75. The van der Waals surface area contributed by atoms with Crippen molar-refractivity contribution < 1.29 is 23.2 Å². The second-order valence-electron chi connectivity index (χ2n) is 6.97. The van der Waals surface area contributed by atoms with Crippen LogP contribution in [0.15, 0.2) is 30.3 Å². The molecule has 6 nitrogen and oxygen atoms in total. The van der Waals surface area contributed by atoms with Crippen molar-refractivity contribution in [3.8, 4) is 0 Å². The number of nitrogens with two attached hydrogens (primary N) is 2. The highest BCUT2D eigenvalue weighted by molar-refractivity contribution is 6.01. The standard InChI is InChI=1S/C19H27F2N3O3/c1-11(2)9-14(24-12(3)25)17(26)15(13-7-5-4-6-8-13)16(23)18(27)19(20,21)10-22/h4-8,11,14-16H,9-10,22-23H2,1-3H3,(H,24,25)/t14-,15?,16?/m0/s1. The predicted octanol–water partition coefficient (Wildman–Crippen LogP) is 1.38. The van der Waals surface area contributed by atoms with Crippen LogP contribution in [0.3, 0.4) is 0 Å². The lowest BCUT2D eigenvalue weighted by atomic mass is 9.80. The second kappa shape index (κ2) is 9.66. The minimum Gasteiger partial charge on any atom is -0.347 e. The van der Waals surface area contributed by atoms with Gasteiger partial charge in [0.1, 0.15) is 0 Å². The number of Topliss-reactive ketones (excluding diaryl/α,β-unsaturated/α-hetero) is 2. The van der Waals surface area contributed by atoms with Gasteiger partial charge in [0.25, 0.3) is 0 Å². The van der Waals surface area contributed by atoms with Gasteiger partial charge in [0.05, 0.1) is 24.5 Å². The summed E-state index contributed by atoms with van der Waals surface area (Å²) in [7, 11) is 0. The van der Waals surface area contributed by atoms with E-state index in [9.17, 15) is 23.2 Å². The zero-order chi connectivity index (χ0) is 20.8. The molecule has 8 heteroatoms. The number of carbonyl (C=O) groups excluding carboxylic acids is 3. The fourth-order valence-electron chi connectivity index (χ4n) is 2.88. The Morgan fingerprint density at radius 2 is 1.70 bits per heavy atom. The molecule has 0 aliphatic carbocycles. The quantitative estimate of drug-likeness (QED) is 0.565. The van der Waals surface area contributed by atoms with E-state index >= 15 is 0 Å². The molecule has 0 radical (unpaired) electrons. The van der Waals surface area contributed by atoms with Crippen molar-refractivity contribution in [2.24, 2.45) is 17.4 Å². The summed E-state index contributed by atoms with van der Waals surface area (Å²) in [4.78, 5) is 36.9. The van der Waals surface area contributed by atoms with Crippen molar-refractivity contribution in [1.82, 2.24) is 5.32 Å². The molecule has 3 atom stereocenters. The van der Waals surface area contributed by atoms with Crippen LogP contribution in [0, 0.1) is 5.92 Å². The van der Waals surface area contributed by atoms with Gasteiger partial charge in [-0.25, -0.2) is 0 Å². The lowest BCUT2D eigenvalue weighted by Gasteiger charge is -2.29. The number of benzene rings is 1. The first-order valence-electron chi connectivity index (χ1n) is 8.74. The number of rotatable bonds is 10. The first-order chi connectivity index (χ1) is 12.5. The summed E-state index contributed by atoms with van der Waals surface area (Å²) in [5, 5.41) is 2.54. The third kappa shape index (κ3) is 6.18. The van der Waals surface area contributed by atoms with Gasteiger partial charge >= 0.3 is 5.92 Å². The van der Waals surface area contributed by atoms with Crippen molar-refractivity contribution in [2.45, 2.75) is 51.1 Å². The molecule has 0 saturated carbocycles. The molecule has 0 aliphatic heterocycles. The molecular formula is C19H27F2N3O3. The van der Waals surface area contributed by atoms with E-state index in [4.69, 9.17) is 11.5 Å². The largest absolute Gasteiger partial charge is 0.347 e. The lowest BCUT2D eigenvalue weighted by molar-refractivity contribution is -0.145. The zero-order valence-electron chi connectivity index (χ0n) is 15.7. The third-order valence-corrected chi connectivity index (χ3v) is 4.17. The Bertz CT molecular complexity index is 665. The fourth-order valence-corrected chi connectivity index (χ4v) is 2.88. The van der Waals surface area contributed by atoms with Crippen molar-refractivity contribution in [3.63, 3.8) is 0 Å². The van der Waals surface area contributed by atoms with E-state index in [1.165, 1.54) is 19.1 Å². The molecule has 150 valence electrons. The average Bonchev–Trinajstić information content (AvgIpc) is 2.60. The van der Waals surface area contributed by atoms with Crippen molar-refractivity contribution in [3.05, 3.63) is 35.9 Å². The Balaban J connectivity index is 3.34. The van der Waals surface area contributed by atoms with Crippen LogP contribution in [0.5, 0.6) is 0 Å². The fraction of sp³-hybridized carbons (Fsp3) is 0.526. The summed E-state index contributed by atoms with van der Waals surface area (Å²) in [5.41, 5.74) is 11.1. The maximum Gasteiger partial charge on any atom is 0.318 e. The number of hydrogen-bond acceptors (Lipinski definition) is 5. The molecule has 1 aromatic carbocycles. The first-order valence-corrected chi connectivity index (χ1v) is 8.74. The van der Waals surface area contributed by atoms with Crippen LogP contribution in [-0.2, 0) is 14.4 Å². The predicted molar refractivity (Wildman–Crippen MR) is 98.2 cm³/mol. The van der Waals surface area contributed by atoms with Gasteiger partial charge in [-0.2, -0.15) is 8.78 Å². The van der Waals surface area contributed by atoms with Gasteiger partial charge in [-0.3, -0.25) is 14.4 Å². The van der Waals surface area contributed by atoms with Crippen molar-refractivity contribution in [1.29, 1.82) is 0 Å². The normalized spacial score (nSPS) is 15.1. The summed E-state index contributed by atoms with van der Waals surface area (Å²) in [6.45, 7) is 3.77. The molecule has 0 spiro atoms. The summed E-state index contributed by atoms with van der Waals surface area (Å²) in [6.07, 6.45) is 0.288. The van der Waals surface area contributed by atoms with Gasteiger partial charge in [0.15, 0.2) is 5.78 Å². The molecule has 1 rings (SSSR count). The summed E-state index contributed by atoms with van der Waals surface area (Å²) < 4.78 is 27.6. The number of carbonyl (C=O) groups is 3. The second-order valence-corrected chi connectivity index (χ2v) is 6.97. The van der Waals surface area contributed by atoms with Crippen molar-refractivity contribution in [2.75, 3.05) is 6.54 Å². The summed E-state index contributed by atoms with van der Waals surface area (Å²) in [6, 6.07) is 5.26. The Hall–Kier alpha value is -2.19. The maximum atomic E-state index is 13.8. The van der Waals surface area contributed by atoms with Gasteiger partial charge in [-0.15, -0.1) is 0 Å². The molecule has 1 aromatic rings. The van der Waals surface area contributed by atoms with Gasteiger partial charge < -0.3 is 16.8 Å². The van der Waals surface area contributed by atoms with Gasteiger partial charge in [0.2, 0.25) is 11.7 Å². The van der Waals surface area contributed by atoms with E-state index in [2.05, 4.69) is 5.32 Å². The Morgan fingerprint density at radius 3 is 2.15 bits per heavy atom. The maximum absolute atomic E-state index is 13.8. The molecule has 1 amide bonds. The van der Waals surface area contributed by atoms with E-state index in [0.717, 1.165) is 0 Å². The Morgan fingerprint density at radius 1 is 1.15 bits per heavy atom. The van der Waals surface area contributed by atoms with E-state index < -0.39 is 47.9 Å². The SMILES string of the molecule is CC(=O)N[C@@H](CC(C)C)C(=O)C(c1ccccc1)C(N)C(=O)C(F)(F)CN. The van der Waals surface area contributed by atoms with Crippen LogP contribution in [0.25, 0.3) is 0 Å². The summed E-state index contributed by atoms with van der Waals surface area (Å²) >= 11 is 0. The molecule has 5 N–H and O–H groups in total. The number of amides is 1. The first kappa shape index (κ1) is 22.9. The molecule has 0 saturated heterocycles. The van der Waals surface area contributed by atoms with E-state index in [0.29, 0.717) is 5.56 Å². The molecule has 0 aliphatic rings. The third-order valence-electron chi connectivity index (χ3n) is 4.17. The highest BCUT2D eigenvalue weighted by atomic mass is 19.3. The smallest absolute Gasteiger partial charge is 0.318 e. The average molecular weight is 383 g/mol. The molecule has 0 bridgehead atoms. The molecule has 0 fully saturated rings. The number of halogens is 2. The molecular weight excluding hydrogens is 356 g/mol. The highest BCUT2D eigenvalue weighted by Crippen LogP contribution is 2.27. The number of ketones is 2. The van der Waals surface area contributed by atoms with E-state index in [1.807, 2.05) is 13.8 Å². The molecule has 0 aromatic heterocycles. The Labute approximate surface area is 157 Å².